The third-order valence-electron chi connectivity index (χ3n) is 5.61. The summed E-state index contributed by atoms with van der Waals surface area (Å²) in [6.07, 6.45) is 0. The van der Waals surface area contributed by atoms with Crippen LogP contribution in [0.4, 0.5) is 5.69 Å². The molecule has 0 saturated carbocycles. The Bertz CT molecular complexity index is 1500. The Balaban J connectivity index is 1.18. The molecule has 0 spiro atoms. The molecule has 5 nitrogen and oxygen atoms in total. The van der Waals surface area contributed by atoms with Gasteiger partial charge >= 0.3 is 0 Å². The molecule has 0 atom stereocenters. The van der Waals surface area contributed by atoms with Crippen molar-refractivity contribution in [3.05, 3.63) is 114 Å². The summed E-state index contributed by atoms with van der Waals surface area (Å²) in [6.45, 7) is 2.47. The molecule has 1 amide bonds. The average Bonchev–Trinajstić information content (AvgIpc) is 3.34. The lowest BCUT2D eigenvalue weighted by atomic mass is 10.1. The number of para-hydroxylation sites is 1. The monoisotopic (exact) mass is 509 g/mol. The first-order chi connectivity index (χ1) is 17.5. The van der Waals surface area contributed by atoms with Crippen LogP contribution in [0.25, 0.3) is 20.8 Å². The van der Waals surface area contributed by atoms with Gasteiger partial charge in [-0.2, -0.15) is 0 Å². The van der Waals surface area contributed by atoms with Crippen LogP contribution in [0.1, 0.15) is 21.5 Å². The zero-order valence-electron chi connectivity index (χ0n) is 19.5. The molecule has 0 aliphatic carbocycles. The molecular weight excluding hydrogens is 486 g/mol. The number of anilines is 1. The molecule has 0 aliphatic rings. The number of carbonyl (C=O) groups excluding carboxylic acids is 1. The number of thiocarbonyl (C=S) groups is 1. The molecule has 0 unspecified atom stereocenters. The fraction of sp³-hybridized carbons (Fsp3) is 0.0690. The number of ether oxygens (including phenoxy) is 1. The van der Waals surface area contributed by atoms with Gasteiger partial charge in [-0.05, 0) is 84.9 Å². The molecule has 1 aromatic heterocycles. The van der Waals surface area contributed by atoms with Crippen LogP contribution in [-0.4, -0.2) is 16.0 Å². The minimum absolute atomic E-state index is 0.236. The summed E-state index contributed by atoms with van der Waals surface area (Å²) < 4.78 is 6.94. The fourth-order valence-electron chi connectivity index (χ4n) is 3.70. The van der Waals surface area contributed by atoms with Crippen molar-refractivity contribution in [1.29, 1.82) is 0 Å². The lowest BCUT2D eigenvalue weighted by Gasteiger charge is -2.13. The van der Waals surface area contributed by atoms with Gasteiger partial charge in [-0.1, -0.05) is 42.5 Å². The number of aromatic nitrogens is 1. The summed E-state index contributed by atoms with van der Waals surface area (Å²) in [5.74, 6) is 0.408. The number of rotatable bonds is 6. The molecule has 1 heterocycles. The van der Waals surface area contributed by atoms with Crippen molar-refractivity contribution in [2.75, 3.05) is 5.32 Å². The summed E-state index contributed by atoms with van der Waals surface area (Å²) in [7, 11) is 0. The maximum atomic E-state index is 12.7. The van der Waals surface area contributed by atoms with Gasteiger partial charge in [-0.25, -0.2) is 4.98 Å². The number of carbonyl (C=O) groups is 1. The predicted molar refractivity (Wildman–Crippen MR) is 151 cm³/mol. The minimum atomic E-state index is -0.286. The Morgan fingerprint density at radius 2 is 1.69 bits per heavy atom. The Labute approximate surface area is 218 Å². The second kappa shape index (κ2) is 10.7. The van der Waals surface area contributed by atoms with Crippen molar-refractivity contribution >= 4 is 50.5 Å². The third kappa shape index (κ3) is 5.59. The van der Waals surface area contributed by atoms with E-state index in [0.29, 0.717) is 17.9 Å². The summed E-state index contributed by atoms with van der Waals surface area (Å²) in [5, 5.41) is 7.07. The van der Waals surface area contributed by atoms with Crippen LogP contribution in [0, 0.1) is 6.92 Å². The Morgan fingerprint density at radius 1 is 0.944 bits per heavy atom. The molecule has 0 radical (unpaired) electrons. The van der Waals surface area contributed by atoms with Crippen LogP contribution in [0.3, 0.4) is 0 Å². The van der Waals surface area contributed by atoms with Crippen LogP contribution in [0.5, 0.6) is 5.75 Å². The SMILES string of the molecule is Cc1cc(-c2nc3ccccc3s2)ccc1NC(=S)NC(=O)c1ccc(OCc2ccccc2)cc1. The largest absolute Gasteiger partial charge is 0.489 e. The van der Waals surface area contributed by atoms with Crippen LogP contribution in [0.2, 0.25) is 0 Å². The summed E-state index contributed by atoms with van der Waals surface area (Å²) in [6, 6.07) is 31.1. The lowest BCUT2D eigenvalue weighted by Crippen LogP contribution is -2.34. The van der Waals surface area contributed by atoms with Crippen molar-refractivity contribution in [2.24, 2.45) is 0 Å². The number of hydrogen-bond donors (Lipinski definition) is 2. The van der Waals surface area contributed by atoms with Crippen LogP contribution in [-0.2, 0) is 6.61 Å². The highest BCUT2D eigenvalue weighted by Gasteiger charge is 2.11. The maximum Gasteiger partial charge on any atom is 0.257 e. The fourth-order valence-corrected chi connectivity index (χ4v) is 4.87. The van der Waals surface area contributed by atoms with Gasteiger partial charge in [-0.3, -0.25) is 10.1 Å². The third-order valence-corrected chi connectivity index (χ3v) is 6.90. The van der Waals surface area contributed by atoms with E-state index in [1.54, 1.807) is 35.6 Å². The van der Waals surface area contributed by atoms with E-state index in [2.05, 4.69) is 22.8 Å². The highest BCUT2D eigenvalue weighted by atomic mass is 32.1. The molecule has 36 heavy (non-hydrogen) atoms. The van der Waals surface area contributed by atoms with Crippen molar-refractivity contribution in [3.63, 3.8) is 0 Å². The topological polar surface area (TPSA) is 63.2 Å². The van der Waals surface area contributed by atoms with Crippen molar-refractivity contribution in [1.82, 2.24) is 10.3 Å². The molecule has 0 fully saturated rings. The van der Waals surface area contributed by atoms with Crippen LogP contribution in [0.15, 0.2) is 97.1 Å². The van der Waals surface area contributed by atoms with Crippen LogP contribution >= 0.6 is 23.6 Å². The molecule has 5 aromatic rings. The van der Waals surface area contributed by atoms with Gasteiger partial charge in [0.15, 0.2) is 5.11 Å². The number of hydrogen-bond acceptors (Lipinski definition) is 5. The second-order valence-corrected chi connectivity index (χ2v) is 9.66. The van der Waals surface area contributed by atoms with Crippen molar-refractivity contribution < 1.29 is 9.53 Å². The quantitative estimate of drug-likeness (QED) is 0.242. The van der Waals surface area contributed by atoms with Gasteiger partial charge in [0.05, 0.1) is 10.2 Å². The molecule has 0 saturated heterocycles. The highest BCUT2D eigenvalue weighted by Crippen LogP contribution is 2.32. The maximum absolute atomic E-state index is 12.7. The first-order valence-corrected chi connectivity index (χ1v) is 12.6. The number of fused-ring (bicyclic) bond motifs is 1. The number of nitrogens with zero attached hydrogens (tertiary/aromatic N) is 1. The number of aryl methyl sites for hydroxylation is 1. The second-order valence-electron chi connectivity index (χ2n) is 8.22. The summed E-state index contributed by atoms with van der Waals surface area (Å²) in [4.78, 5) is 17.4. The van der Waals surface area contributed by atoms with E-state index < -0.39 is 0 Å². The van der Waals surface area contributed by atoms with E-state index >= 15 is 0 Å². The molecule has 2 N–H and O–H groups in total. The van der Waals surface area contributed by atoms with Crippen molar-refractivity contribution in [2.45, 2.75) is 13.5 Å². The van der Waals surface area contributed by atoms with Crippen LogP contribution < -0.4 is 15.4 Å². The van der Waals surface area contributed by atoms with E-state index in [0.717, 1.165) is 37.6 Å². The molecule has 4 aromatic carbocycles. The first-order valence-electron chi connectivity index (χ1n) is 11.4. The smallest absolute Gasteiger partial charge is 0.257 e. The van der Waals surface area contributed by atoms with E-state index in [9.17, 15) is 4.79 Å². The molecule has 7 heteroatoms. The number of benzene rings is 4. The Kier molecular flexibility index (Phi) is 7.02. The van der Waals surface area contributed by atoms with Gasteiger partial charge in [0.1, 0.15) is 17.4 Å². The van der Waals surface area contributed by atoms with E-state index in [4.69, 9.17) is 21.9 Å². The Morgan fingerprint density at radius 3 is 2.44 bits per heavy atom. The number of amides is 1. The average molecular weight is 510 g/mol. The van der Waals surface area contributed by atoms with Gasteiger partial charge in [-0.15, -0.1) is 11.3 Å². The minimum Gasteiger partial charge on any atom is -0.489 e. The molecular formula is C29H23N3O2S2. The van der Waals surface area contributed by atoms with E-state index in [1.807, 2.05) is 67.6 Å². The normalized spacial score (nSPS) is 10.7. The molecule has 0 bridgehead atoms. The molecule has 0 aliphatic heterocycles. The standard InChI is InChI=1S/C29H23N3O2S2/c1-19-17-22(28-30-25-9-5-6-10-26(25)36-28)13-16-24(19)31-29(35)32-27(33)21-11-14-23(15-12-21)34-18-20-7-3-2-4-8-20/h2-17H,18H2,1H3,(H2,31,32,33,35). The lowest BCUT2D eigenvalue weighted by molar-refractivity contribution is 0.0977. The molecule has 5 rings (SSSR count). The van der Waals surface area contributed by atoms with Gasteiger partial charge in [0, 0.05) is 16.8 Å². The summed E-state index contributed by atoms with van der Waals surface area (Å²) >= 11 is 7.05. The Hall–Kier alpha value is -4.07. The molecule has 178 valence electrons. The number of thiazole rings is 1. The van der Waals surface area contributed by atoms with Gasteiger partial charge in [0.2, 0.25) is 0 Å². The van der Waals surface area contributed by atoms with Gasteiger partial charge in [0.25, 0.3) is 5.91 Å². The zero-order valence-corrected chi connectivity index (χ0v) is 21.2. The predicted octanol–water partition coefficient (Wildman–Crippen LogP) is 6.98. The highest BCUT2D eigenvalue weighted by molar-refractivity contribution is 7.80. The van der Waals surface area contributed by atoms with Crippen molar-refractivity contribution in [3.8, 4) is 16.3 Å². The zero-order chi connectivity index (χ0) is 24.9. The summed E-state index contributed by atoms with van der Waals surface area (Å²) in [5.41, 5.74) is 5.45. The van der Waals surface area contributed by atoms with Gasteiger partial charge < -0.3 is 10.1 Å². The van der Waals surface area contributed by atoms with E-state index in [-0.39, 0.29) is 11.0 Å². The first kappa shape index (κ1) is 23.7. The number of nitrogens with one attached hydrogen (secondary N) is 2. The van der Waals surface area contributed by atoms with E-state index in [1.165, 1.54) is 0 Å².